The van der Waals surface area contributed by atoms with Crippen LogP contribution in [0.15, 0.2) is 33.8 Å². The summed E-state index contributed by atoms with van der Waals surface area (Å²) in [7, 11) is 1.51. The van der Waals surface area contributed by atoms with E-state index in [0.717, 1.165) is 24.2 Å². The van der Waals surface area contributed by atoms with Gasteiger partial charge in [-0.15, -0.1) is 4.68 Å². The molecule has 0 radical (unpaired) electrons. The molecule has 114 valence electrons. The van der Waals surface area contributed by atoms with Crippen molar-refractivity contribution < 1.29 is 9.26 Å². The van der Waals surface area contributed by atoms with E-state index in [0.29, 0.717) is 5.56 Å². The molecule has 0 fully saturated rings. The summed E-state index contributed by atoms with van der Waals surface area (Å²) in [5, 5.41) is 11.2. The molecule has 0 saturated carbocycles. The molecule has 0 saturated heterocycles. The molecule has 0 amide bonds. The van der Waals surface area contributed by atoms with E-state index in [1.807, 2.05) is 25.1 Å². The zero-order valence-corrected chi connectivity index (χ0v) is 14.0. The first-order valence-electron chi connectivity index (χ1n) is 6.38. The fourth-order valence-electron chi connectivity index (χ4n) is 1.90. The quantitative estimate of drug-likeness (QED) is 0.602. The number of nitrogens with zero attached hydrogens (tertiary/aromatic N) is 5. The molecule has 0 atom stereocenters. The van der Waals surface area contributed by atoms with E-state index in [4.69, 9.17) is 9.26 Å². The van der Waals surface area contributed by atoms with Crippen LogP contribution in [0.2, 0.25) is 0 Å². The predicted octanol–water partition coefficient (Wildman–Crippen LogP) is 1.45. The second-order valence-electron chi connectivity index (χ2n) is 4.66. The lowest BCUT2D eigenvalue weighted by molar-refractivity contribution is 0.302. The molecule has 2 aromatic heterocycles. The molecule has 9 heteroatoms. The number of ether oxygens (including phenoxy) is 1. The van der Waals surface area contributed by atoms with Gasteiger partial charge in [0, 0.05) is 10.6 Å². The van der Waals surface area contributed by atoms with Gasteiger partial charge in [0.25, 0.3) is 0 Å². The van der Waals surface area contributed by atoms with Crippen LogP contribution in [0.1, 0.15) is 11.1 Å². The minimum absolute atomic E-state index is 0.212. The van der Waals surface area contributed by atoms with Gasteiger partial charge in [-0.05, 0) is 63.7 Å². The monoisotopic (exact) mass is 413 g/mol. The van der Waals surface area contributed by atoms with Crippen molar-refractivity contribution in [1.82, 2.24) is 24.9 Å². The summed E-state index contributed by atoms with van der Waals surface area (Å²) in [6.45, 7) is 2.18. The lowest BCUT2D eigenvalue weighted by Gasteiger charge is -2.08. The van der Waals surface area contributed by atoms with E-state index in [-0.39, 0.29) is 12.4 Å². The number of hydrogen-bond donors (Lipinski definition) is 0. The molecule has 3 rings (SSSR count). The Balaban J connectivity index is 1.84. The lowest BCUT2D eigenvalue weighted by Crippen LogP contribution is -2.23. The van der Waals surface area contributed by atoms with Crippen LogP contribution in [-0.4, -0.2) is 24.9 Å². The molecule has 1 aromatic carbocycles. The van der Waals surface area contributed by atoms with Crippen molar-refractivity contribution in [3.8, 4) is 11.6 Å². The average molecular weight is 413 g/mol. The normalized spacial score (nSPS) is 10.9. The third-order valence-corrected chi connectivity index (χ3v) is 3.73. The third-order valence-electron chi connectivity index (χ3n) is 3.06. The Hall–Kier alpha value is -2.17. The summed E-state index contributed by atoms with van der Waals surface area (Å²) < 4.78 is 14.0. The molecule has 0 N–H and O–H groups in total. The van der Waals surface area contributed by atoms with Crippen LogP contribution in [0.25, 0.3) is 5.82 Å². The highest BCUT2D eigenvalue weighted by Gasteiger charge is 2.16. The van der Waals surface area contributed by atoms with E-state index in [9.17, 15) is 4.79 Å². The van der Waals surface area contributed by atoms with Crippen LogP contribution in [-0.2, 0) is 13.7 Å². The summed E-state index contributed by atoms with van der Waals surface area (Å²) in [5.41, 5.74) is 1.24. The predicted molar refractivity (Wildman–Crippen MR) is 84.9 cm³/mol. The van der Waals surface area contributed by atoms with Crippen LogP contribution in [0.5, 0.6) is 5.75 Å². The fourth-order valence-corrected chi connectivity index (χ4v) is 2.55. The van der Waals surface area contributed by atoms with Gasteiger partial charge in [0.05, 0.1) is 5.56 Å². The summed E-state index contributed by atoms with van der Waals surface area (Å²) in [5.74, 6) is 1.04. The van der Waals surface area contributed by atoms with E-state index >= 15 is 0 Å². The van der Waals surface area contributed by atoms with Crippen molar-refractivity contribution in [3.05, 3.63) is 49.6 Å². The van der Waals surface area contributed by atoms with Crippen LogP contribution in [0, 0.1) is 10.5 Å². The van der Waals surface area contributed by atoms with Crippen molar-refractivity contribution in [2.24, 2.45) is 7.05 Å². The van der Waals surface area contributed by atoms with Gasteiger partial charge >= 0.3 is 5.69 Å². The average Bonchev–Trinajstić information content (AvgIpc) is 3.06. The summed E-state index contributed by atoms with van der Waals surface area (Å²) >= 11 is 2.24. The molecule has 8 nitrogen and oxygen atoms in total. The number of tetrazole rings is 1. The molecular weight excluding hydrogens is 401 g/mol. The van der Waals surface area contributed by atoms with Crippen molar-refractivity contribution in [2.75, 3.05) is 0 Å². The van der Waals surface area contributed by atoms with Crippen LogP contribution in [0.4, 0.5) is 0 Å². The number of halogens is 1. The molecule has 2 heterocycles. The number of aromatic nitrogens is 5. The van der Waals surface area contributed by atoms with E-state index < -0.39 is 5.69 Å². The van der Waals surface area contributed by atoms with Gasteiger partial charge in [-0.3, -0.25) is 0 Å². The number of aryl methyl sites for hydroxylation is 2. The van der Waals surface area contributed by atoms with Crippen molar-refractivity contribution in [1.29, 1.82) is 0 Å². The van der Waals surface area contributed by atoms with Gasteiger partial charge in [0.1, 0.15) is 18.6 Å². The highest BCUT2D eigenvalue weighted by atomic mass is 127. The first kappa shape index (κ1) is 14.8. The molecule has 0 bridgehead atoms. The highest BCUT2D eigenvalue weighted by molar-refractivity contribution is 14.1. The van der Waals surface area contributed by atoms with Crippen molar-refractivity contribution in [2.45, 2.75) is 13.5 Å². The molecule has 3 aromatic rings. The van der Waals surface area contributed by atoms with Crippen LogP contribution < -0.4 is 10.4 Å². The van der Waals surface area contributed by atoms with Crippen LogP contribution >= 0.6 is 22.6 Å². The first-order chi connectivity index (χ1) is 10.6. The van der Waals surface area contributed by atoms with Crippen molar-refractivity contribution in [3.63, 3.8) is 0 Å². The van der Waals surface area contributed by atoms with E-state index in [2.05, 4.69) is 38.2 Å². The largest absolute Gasteiger partial charge is 0.488 e. The Morgan fingerprint density at radius 3 is 2.86 bits per heavy atom. The minimum atomic E-state index is -0.402. The smallest absolute Gasteiger partial charge is 0.369 e. The molecule has 0 unspecified atom stereocenters. The maximum Gasteiger partial charge on any atom is 0.369 e. The SMILES string of the molecule is Cc1cc(I)ccc1OCc1conc1-n1nnn(C)c1=O. The van der Waals surface area contributed by atoms with Gasteiger partial charge in [0.2, 0.25) is 5.82 Å². The highest BCUT2D eigenvalue weighted by Crippen LogP contribution is 2.22. The fraction of sp³-hybridized carbons (Fsp3) is 0.231. The number of hydrogen-bond acceptors (Lipinski definition) is 6. The summed E-state index contributed by atoms with van der Waals surface area (Å²) in [4.78, 5) is 11.9. The topological polar surface area (TPSA) is 88.0 Å². The second kappa shape index (κ2) is 5.91. The van der Waals surface area contributed by atoms with Gasteiger partial charge in [-0.1, -0.05) is 5.16 Å². The van der Waals surface area contributed by atoms with E-state index in [1.165, 1.54) is 13.3 Å². The van der Waals surface area contributed by atoms with Crippen molar-refractivity contribution >= 4 is 22.6 Å². The Labute approximate surface area is 138 Å². The summed E-state index contributed by atoms with van der Waals surface area (Å²) in [6.07, 6.45) is 1.43. The number of rotatable bonds is 4. The molecule has 0 aliphatic heterocycles. The van der Waals surface area contributed by atoms with E-state index in [1.54, 1.807) is 0 Å². The minimum Gasteiger partial charge on any atom is -0.488 e. The zero-order valence-electron chi connectivity index (χ0n) is 11.9. The molecule has 0 spiro atoms. The Morgan fingerprint density at radius 2 is 2.18 bits per heavy atom. The maximum atomic E-state index is 11.9. The van der Waals surface area contributed by atoms with Gasteiger partial charge in [-0.25, -0.2) is 4.79 Å². The summed E-state index contributed by atoms with van der Waals surface area (Å²) in [6, 6.07) is 5.89. The third kappa shape index (κ3) is 2.75. The van der Waals surface area contributed by atoms with Crippen LogP contribution in [0.3, 0.4) is 0 Å². The zero-order chi connectivity index (χ0) is 15.7. The second-order valence-corrected chi connectivity index (χ2v) is 5.90. The Morgan fingerprint density at radius 1 is 1.36 bits per heavy atom. The van der Waals surface area contributed by atoms with Gasteiger partial charge < -0.3 is 9.26 Å². The van der Waals surface area contributed by atoms with Gasteiger partial charge in [0.15, 0.2) is 0 Å². The molecule has 0 aliphatic carbocycles. The first-order valence-corrected chi connectivity index (χ1v) is 7.45. The molecule has 0 aliphatic rings. The maximum absolute atomic E-state index is 11.9. The molecule has 22 heavy (non-hydrogen) atoms. The van der Waals surface area contributed by atoms with Gasteiger partial charge in [-0.2, -0.15) is 4.68 Å². The lowest BCUT2D eigenvalue weighted by atomic mass is 10.2. The molecular formula is C13H12IN5O3. The Kier molecular flexibility index (Phi) is 3.96. The Bertz CT molecular complexity index is 867. The number of benzene rings is 1. The standard InChI is InChI=1S/C13H12IN5O3/c1-8-5-10(14)3-4-11(8)21-6-9-7-22-15-12(9)19-13(20)18(2)16-17-19/h3-5,7H,6H2,1-2H3.